The summed E-state index contributed by atoms with van der Waals surface area (Å²) in [5.74, 6) is -1.03. The van der Waals surface area contributed by atoms with Crippen LogP contribution in [0.2, 0.25) is 0 Å². The highest BCUT2D eigenvalue weighted by Gasteiger charge is 2.19. The molecule has 6 nitrogen and oxygen atoms in total. The number of carbonyl (C=O) groups excluding carboxylic acids is 3. The zero-order valence-electron chi connectivity index (χ0n) is 41.5. The Balaban J connectivity index is 4.55. The topological polar surface area (TPSA) is 78.9 Å². The van der Waals surface area contributed by atoms with Crippen molar-refractivity contribution in [3.63, 3.8) is 0 Å². The lowest BCUT2D eigenvalue weighted by Crippen LogP contribution is -2.30. The van der Waals surface area contributed by atoms with E-state index in [-0.39, 0.29) is 44.0 Å². The van der Waals surface area contributed by atoms with Crippen molar-refractivity contribution in [2.45, 2.75) is 239 Å². The van der Waals surface area contributed by atoms with Gasteiger partial charge in [-0.05, 0) is 89.9 Å². The Bertz CT molecular complexity index is 1300. The molecule has 0 rings (SSSR count). The predicted molar refractivity (Wildman–Crippen MR) is 274 cm³/mol. The molecule has 0 aromatic carbocycles. The highest BCUT2D eigenvalue weighted by atomic mass is 16.6. The van der Waals surface area contributed by atoms with Gasteiger partial charge in [-0.3, -0.25) is 14.4 Å². The molecule has 0 heterocycles. The zero-order valence-corrected chi connectivity index (χ0v) is 41.5. The first kappa shape index (κ1) is 60.3. The summed E-state index contributed by atoms with van der Waals surface area (Å²) in [5, 5.41) is 0. The summed E-state index contributed by atoms with van der Waals surface area (Å²) in [6.45, 7) is 6.42. The summed E-state index contributed by atoms with van der Waals surface area (Å²) in [6.07, 6.45) is 68.3. The van der Waals surface area contributed by atoms with E-state index in [0.29, 0.717) is 19.3 Å². The molecule has 0 bridgehead atoms. The monoisotopic (exact) mass is 889 g/mol. The third-order valence-corrected chi connectivity index (χ3v) is 10.8. The van der Waals surface area contributed by atoms with Crippen molar-refractivity contribution < 1.29 is 28.6 Å². The third kappa shape index (κ3) is 49.3. The highest BCUT2D eigenvalue weighted by molar-refractivity contribution is 5.71. The number of carbonyl (C=O) groups is 3. The van der Waals surface area contributed by atoms with E-state index in [1.807, 2.05) is 0 Å². The molecule has 0 aromatic rings. The van der Waals surface area contributed by atoms with Gasteiger partial charge < -0.3 is 14.2 Å². The van der Waals surface area contributed by atoms with Crippen LogP contribution in [0.1, 0.15) is 233 Å². The van der Waals surface area contributed by atoms with Crippen LogP contribution in [-0.4, -0.2) is 37.2 Å². The Morgan fingerprint density at radius 3 is 1.02 bits per heavy atom. The van der Waals surface area contributed by atoms with Crippen molar-refractivity contribution in [1.82, 2.24) is 0 Å². The minimum absolute atomic E-state index is 0.114. The van der Waals surface area contributed by atoms with Crippen molar-refractivity contribution in [3.8, 4) is 0 Å². The number of hydrogen-bond acceptors (Lipinski definition) is 6. The van der Waals surface area contributed by atoms with Gasteiger partial charge in [0, 0.05) is 19.3 Å². The maximum atomic E-state index is 12.8. The average Bonchev–Trinajstić information content (AvgIpc) is 3.29. The summed E-state index contributed by atoms with van der Waals surface area (Å²) < 4.78 is 16.7. The molecule has 1 atom stereocenters. The molecule has 0 aliphatic heterocycles. The second kappa shape index (κ2) is 52.0. The van der Waals surface area contributed by atoms with Gasteiger partial charge in [0.1, 0.15) is 13.2 Å². The molecule has 0 aromatic heterocycles. The lowest BCUT2D eigenvalue weighted by Gasteiger charge is -2.18. The molecule has 0 amide bonds. The number of hydrogen-bond donors (Lipinski definition) is 0. The lowest BCUT2D eigenvalue weighted by atomic mass is 10.0. The largest absolute Gasteiger partial charge is 0.462 e. The summed E-state index contributed by atoms with van der Waals surface area (Å²) >= 11 is 0. The van der Waals surface area contributed by atoms with Gasteiger partial charge in [-0.25, -0.2) is 0 Å². The fourth-order valence-corrected chi connectivity index (χ4v) is 6.90. The van der Waals surface area contributed by atoms with Crippen LogP contribution in [0, 0.1) is 0 Å². The van der Waals surface area contributed by atoms with E-state index in [0.717, 1.165) is 77.0 Å². The Morgan fingerprint density at radius 1 is 0.328 bits per heavy atom. The fraction of sp³-hybridized carbons (Fsp3) is 0.672. The zero-order chi connectivity index (χ0) is 46.5. The van der Waals surface area contributed by atoms with Crippen molar-refractivity contribution in [1.29, 1.82) is 0 Å². The van der Waals surface area contributed by atoms with Crippen molar-refractivity contribution in [3.05, 3.63) is 97.2 Å². The molecule has 0 aliphatic rings. The second-order valence-electron chi connectivity index (χ2n) is 17.1. The number of rotatable bonds is 46. The Hall–Kier alpha value is -3.67. The molecule has 0 saturated carbocycles. The predicted octanol–water partition coefficient (Wildman–Crippen LogP) is 17.4. The molecular weight excluding hydrogens is 793 g/mol. The molecule has 6 heteroatoms. The van der Waals surface area contributed by atoms with Gasteiger partial charge >= 0.3 is 17.9 Å². The molecular formula is C58H96O6. The van der Waals surface area contributed by atoms with Crippen LogP contribution >= 0.6 is 0 Å². The van der Waals surface area contributed by atoms with Crippen LogP contribution in [0.5, 0.6) is 0 Å². The summed E-state index contributed by atoms with van der Waals surface area (Å²) in [7, 11) is 0. The Morgan fingerprint density at radius 2 is 0.625 bits per heavy atom. The fourth-order valence-electron chi connectivity index (χ4n) is 6.90. The van der Waals surface area contributed by atoms with Gasteiger partial charge in [-0.2, -0.15) is 0 Å². The van der Waals surface area contributed by atoms with Crippen LogP contribution in [0.3, 0.4) is 0 Å². The molecule has 364 valence electrons. The van der Waals surface area contributed by atoms with Gasteiger partial charge in [0.2, 0.25) is 0 Å². The van der Waals surface area contributed by atoms with E-state index in [9.17, 15) is 14.4 Å². The standard InChI is InChI=1S/C58H96O6/c1-4-7-10-13-16-19-22-25-27-29-31-33-36-39-42-45-48-51-57(60)63-54-55(53-62-56(59)50-47-44-41-38-35-24-21-18-15-12-9-6-3)64-58(61)52-49-46-43-40-37-34-32-30-28-26-23-20-17-14-11-8-5-2/h7,10,16,19,25-28,31-34,39-40,42-43,55H,4-6,8-9,11-15,17-18,20-24,29-30,35-38,41,44-54H2,1-3H3/b10-7-,19-16-,27-25-,28-26-,33-31-,34-32-,42-39-,43-40-. The number of esters is 3. The Kier molecular flexibility index (Phi) is 49.0. The molecule has 0 spiro atoms. The molecule has 1 unspecified atom stereocenters. The third-order valence-electron chi connectivity index (χ3n) is 10.8. The lowest BCUT2D eigenvalue weighted by molar-refractivity contribution is -0.167. The van der Waals surface area contributed by atoms with E-state index in [2.05, 4.69) is 118 Å². The quantitative estimate of drug-likeness (QED) is 0.0262. The molecule has 0 fully saturated rings. The van der Waals surface area contributed by atoms with Crippen LogP contribution in [-0.2, 0) is 28.6 Å². The smallest absolute Gasteiger partial charge is 0.306 e. The average molecular weight is 889 g/mol. The number of unbranched alkanes of at least 4 members (excludes halogenated alkanes) is 19. The van der Waals surface area contributed by atoms with Gasteiger partial charge in [0.15, 0.2) is 6.10 Å². The minimum atomic E-state index is -0.825. The second-order valence-corrected chi connectivity index (χ2v) is 17.1. The van der Waals surface area contributed by atoms with Crippen molar-refractivity contribution in [2.75, 3.05) is 13.2 Å². The van der Waals surface area contributed by atoms with Gasteiger partial charge in [0.25, 0.3) is 0 Å². The van der Waals surface area contributed by atoms with Gasteiger partial charge in [-0.15, -0.1) is 0 Å². The first-order valence-electron chi connectivity index (χ1n) is 26.2. The van der Waals surface area contributed by atoms with Gasteiger partial charge in [-0.1, -0.05) is 221 Å². The van der Waals surface area contributed by atoms with Crippen LogP contribution < -0.4 is 0 Å². The Labute approximate surface area is 394 Å². The summed E-state index contributed by atoms with van der Waals surface area (Å²) in [4.78, 5) is 37.9. The van der Waals surface area contributed by atoms with E-state index < -0.39 is 6.10 Å². The molecule has 0 radical (unpaired) electrons. The number of ether oxygens (including phenoxy) is 3. The van der Waals surface area contributed by atoms with Crippen LogP contribution in [0.15, 0.2) is 97.2 Å². The SMILES string of the molecule is CC/C=C\C/C=C\C/C=C\C/C=C\C/C=C\CCCC(=O)OCC(COC(=O)CCCCCCCCCCCCCC)OC(=O)CCC/C=C\C/C=C\C/C=C\CCCCCCCC. The van der Waals surface area contributed by atoms with E-state index >= 15 is 0 Å². The van der Waals surface area contributed by atoms with Crippen molar-refractivity contribution >= 4 is 17.9 Å². The maximum Gasteiger partial charge on any atom is 0.306 e. The van der Waals surface area contributed by atoms with E-state index in [4.69, 9.17) is 14.2 Å². The van der Waals surface area contributed by atoms with E-state index in [1.165, 1.54) is 103 Å². The first-order chi connectivity index (χ1) is 31.5. The van der Waals surface area contributed by atoms with Crippen LogP contribution in [0.25, 0.3) is 0 Å². The highest BCUT2D eigenvalue weighted by Crippen LogP contribution is 2.14. The molecule has 0 N–H and O–H groups in total. The maximum absolute atomic E-state index is 12.8. The van der Waals surface area contributed by atoms with Crippen molar-refractivity contribution in [2.24, 2.45) is 0 Å². The molecule has 0 aliphatic carbocycles. The normalized spacial score (nSPS) is 12.9. The number of allylic oxidation sites excluding steroid dienone is 16. The van der Waals surface area contributed by atoms with E-state index in [1.54, 1.807) is 0 Å². The first-order valence-corrected chi connectivity index (χ1v) is 26.2. The summed E-state index contributed by atoms with van der Waals surface area (Å²) in [5.41, 5.74) is 0. The molecule has 64 heavy (non-hydrogen) atoms. The minimum Gasteiger partial charge on any atom is -0.462 e. The van der Waals surface area contributed by atoms with Crippen LogP contribution in [0.4, 0.5) is 0 Å². The molecule has 0 saturated heterocycles. The van der Waals surface area contributed by atoms with Gasteiger partial charge in [0.05, 0.1) is 0 Å². The summed E-state index contributed by atoms with van der Waals surface area (Å²) in [6, 6.07) is 0.